The van der Waals surface area contributed by atoms with Gasteiger partial charge in [-0.15, -0.1) is 0 Å². The van der Waals surface area contributed by atoms with Crippen molar-refractivity contribution in [1.29, 1.82) is 0 Å². The molecule has 7 nitrogen and oxygen atoms in total. The summed E-state index contributed by atoms with van der Waals surface area (Å²) < 4.78 is 24.6. The molecule has 0 saturated carbocycles. The Balaban J connectivity index is 1.53. The Bertz CT molecular complexity index is 1310. The van der Waals surface area contributed by atoms with Gasteiger partial charge in [0.2, 0.25) is 0 Å². The van der Waals surface area contributed by atoms with Crippen molar-refractivity contribution in [1.82, 2.24) is 15.2 Å². The van der Waals surface area contributed by atoms with E-state index in [1.54, 1.807) is 43.3 Å². The smallest absolute Gasteiger partial charge is 0.256 e. The molecule has 4 aromatic rings. The number of hydrogen-bond donors (Lipinski definition) is 2. The Labute approximate surface area is 180 Å². The number of carbonyl (C=O) groups is 1. The second kappa shape index (κ2) is 8.53. The van der Waals surface area contributed by atoms with Crippen LogP contribution in [0.1, 0.15) is 17.3 Å². The lowest BCUT2D eigenvalue weighted by Crippen LogP contribution is -2.17. The molecule has 0 bridgehead atoms. The zero-order valence-electron chi connectivity index (χ0n) is 16.7. The molecule has 3 aromatic carbocycles. The number of benzene rings is 3. The van der Waals surface area contributed by atoms with Gasteiger partial charge in [-0.2, -0.15) is 5.10 Å². The van der Waals surface area contributed by atoms with Gasteiger partial charge in [0.1, 0.15) is 0 Å². The number of H-pyrrole nitrogens is 1. The second-order valence-corrected chi connectivity index (χ2v) is 9.05. The third kappa shape index (κ3) is 4.39. The molecule has 1 heterocycles. The van der Waals surface area contributed by atoms with Gasteiger partial charge >= 0.3 is 0 Å². The predicted molar refractivity (Wildman–Crippen MR) is 119 cm³/mol. The standard InChI is InChI=1S/C23H20N4O3S/c1-2-31(29,30)20-11-7-6-10-19(20)23(28)24-18-14-12-17(13-15-18)22-25-21(26-27-22)16-8-4-3-5-9-16/h3-15H,2H2,1H3,(H,24,28)(H,25,26,27). The van der Waals surface area contributed by atoms with E-state index in [0.29, 0.717) is 17.3 Å². The molecule has 0 radical (unpaired) electrons. The van der Waals surface area contributed by atoms with Crippen LogP contribution in [0.25, 0.3) is 22.8 Å². The molecule has 0 fully saturated rings. The number of rotatable bonds is 6. The van der Waals surface area contributed by atoms with E-state index in [4.69, 9.17) is 0 Å². The summed E-state index contributed by atoms with van der Waals surface area (Å²) in [5.41, 5.74) is 2.38. The van der Waals surface area contributed by atoms with Gasteiger partial charge in [0, 0.05) is 16.8 Å². The monoisotopic (exact) mass is 432 g/mol. The maximum Gasteiger partial charge on any atom is 0.256 e. The Morgan fingerprint density at radius 2 is 1.58 bits per heavy atom. The summed E-state index contributed by atoms with van der Waals surface area (Å²) >= 11 is 0. The Morgan fingerprint density at radius 3 is 2.29 bits per heavy atom. The van der Waals surface area contributed by atoms with Crippen molar-refractivity contribution in [2.45, 2.75) is 11.8 Å². The van der Waals surface area contributed by atoms with E-state index in [-0.39, 0.29) is 16.2 Å². The van der Waals surface area contributed by atoms with Gasteiger partial charge in [-0.05, 0) is 36.4 Å². The Hall–Kier alpha value is -3.78. The van der Waals surface area contributed by atoms with Crippen LogP contribution in [0.2, 0.25) is 0 Å². The first-order valence-electron chi connectivity index (χ1n) is 9.69. The summed E-state index contributed by atoms with van der Waals surface area (Å²) in [6.07, 6.45) is 0. The molecule has 156 valence electrons. The van der Waals surface area contributed by atoms with E-state index < -0.39 is 15.7 Å². The number of hydrogen-bond acceptors (Lipinski definition) is 5. The normalized spacial score (nSPS) is 11.3. The number of nitrogens with one attached hydrogen (secondary N) is 2. The number of sulfone groups is 1. The van der Waals surface area contributed by atoms with Gasteiger partial charge in [0.25, 0.3) is 5.91 Å². The fourth-order valence-electron chi connectivity index (χ4n) is 3.10. The van der Waals surface area contributed by atoms with Crippen molar-refractivity contribution < 1.29 is 13.2 Å². The molecule has 0 saturated heterocycles. The van der Waals surface area contributed by atoms with Crippen molar-refractivity contribution in [3.63, 3.8) is 0 Å². The third-order valence-electron chi connectivity index (χ3n) is 4.78. The van der Waals surface area contributed by atoms with Crippen molar-refractivity contribution >= 4 is 21.4 Å². The molecule has 1 aromatic heterocycles. The molecular formula is C23H20N4O3S. The van der Waals surface area contributed by atoms with Crippen LogP contribution < -0.4 is 5.32 Å². The summed E-state index contributed by atoms with van der Waals surface area (Å²) in [6, 6.07) is 22.9. The third-order valence-corrected chi connectivity index (χ3v) is 6.57. The van der Waals surface area contributed by atoms with Crippen LogP contribution in [0.3, 0.4) is 0 Å². The van der Waals surface area contributed by atoms with E-state index in [0.717, 1.165) is 11.1 Å². The average Bonchev–Trinajstić information content (AvgIpc) is 3.30. The quantitative estimate of drug-likeness (QED) is 0.475. The number of carbonyl (C=O) groups excluding carboxylic acids is 1. The molecule has 31 heavy (non-hydrogen) atoms. The fourth-order valence-corrected chi connectivity index (χ4v) is 4.19. The highest BCUT2D eigenvalue weighted by Gasteiger charge is 2.20. The maximum absolute atomic E-state index is 12.7. The minimum absolute atomic E-state index is 0.0294. The number of nitrogens with zero attached hydrogens (tertiary/aromatic N) is 2. The summed E-state index contributed by atoms with van der Waals surface area (Å²) in [5.74, 6) is 0.651. The lowest BCUT2D eigenvalue weighted by Gasteiger charge is -2.10. The van der Waals surface area contributed by atoms with Crippen LogP contribution in [0.5, 0.6) is 0 Å². The molecule has 0 aliphatic rings. The van der Waals surface area contributed by atoms with E-state index >= 15 is 0 Å². The first-order valence-corrected chi connectivity index (χ1v) is 11.3. The highest BCUT2D eigenvalue weighted by molar-refractivity contribution is 7.91. The number of aromatic nitrogens is 3. The molecule has 2 N–H and O–H groups in total. The number of amides is 1. The Morgan fingerprint density at radius 1 is 0.903 bits per heavy atom. The van der Waals surface area contributed by atoms with Gasteiger partial charge in [0.05, 0.1) is 16.2 Å². The zero-order chi connectivity index (χ0) is 21.8. The van der Waals surface area contributed by atoms with Crippen LogP contribution in [0.15, 0.2) is 83.8 Å². The number of anilines is 1. The lowest BCUT2D eigenvalue weighted by atomic mass is 10.1. The minimum Gasteiger partial charge on any atom is -0.322 e. The van der Waals surface area contributed by atoms with E-state index in [9.17, 15) is 13.2 Å². The highest BCUT2D eigenvalue weighted by Crippen LogP contribution is 2.23. The molecule has 1 amide bonds. The fraction of sp³-hybridized carbons (Fsp3) is 0.0870. The van der Waals surface area contributed by atoms with E-state index in [2.05, 4.69) is 20.5 Å². The summed E-state index contributed by atoms with van der Waals surface area (Å²) in [4.78, 5) is 17.3. The van der Waals surface area contributed by atoms with Gasteiger partial charge in [-0.3, -0.25) is 9.89 Å². The molecule has 8 heteroatoms. The zero-order valence-corrected chi connectivity index (χ0v) is 17.6. The Kier molecular flexibility index (Phi) is 5.64. The molecule has 0 aliphatic carbocycles. The highest BCUT2D eigenvalue weighted by atomic mass is 32.2. The average molecular weight is 433 g/mol. The van der Waals surface area contributed by atoms with Crippen LogP contribution >= 0.6 is 0 Å². The molecule has 4 rings (SSSR count). The van der Waals surface area contributed by atoms with E-state index in [1.807, 2.05) is 30.3 Å². The first kappa shape index (κ1) is 20.5. The van der Waals surface area contributed by atoms with Crippen molar-refractivity contribution in [2.75, 3.05) is 11.1 Å². The molecule has 0 unspecified atom stereocenters. The topological polar surface area (TPSA) is 105 Å². The minimum atomic E-state index is -3.51. The lowest BCUT2D eigenvalue weighted by molar-refractivity contribution is 0.102. The van der Waals surface area contributed by atoms with E-state index in [1.165, 1.54) is 12.1 Å². The van der Waals surface area contributed by atoms with Crippen molar-refractivity contribution in [3.8, 4) is 22.8 Å². The van der Waals surface area contributed by atoms with Crippen LogP contribution in [0.4, 0.5) is 5.69 Å². The van der Waals surface area contributed by atoms with Crippen LogP contribution in [-0.2, 0) is 9.84 Å². The SMILES string of the molecule is CCS(=O)(=O)c1ccccc1C(=O)Nc1ccc(-c2nc(-c3ccccc3)n[nH]2)cc1. The first-order chi connectivity index (χ1) is 15.0. The predicted octanol–water partition coefficient (Wildman–Crippen LogP) is 4.18. The molecule has 0 atom stereocenters. The summed E-state index contributed by atoms with van der Waals surface area (Å²) in [6.45, 7) is 1.55. The summed E-state index contributed by atoms with van der Waals surface area (Å²) in [7, 11) is -3.51. The molecule has 0 aliphatic heterocycles. The molecule has 0 spiro atoms. The molecular weight excluding hydrogens is 412 g/mol. The van der Waals surface area contributed by atoms with Crippen molar-refractivity contribution in [2.24, 2.45) is 0 Å². The van der Waals surface area contributed by atoms with Gasteiger partial charge in [0.15, 0.2) is 21.5 Å². The number of aromatic amines is 1. The van der Waals surface area contributed by atoms with Gasteiger partial charge < -0.3 is 5.32 Å². The maximum atomic E-state index is 12.7. The van der Waals surface area contributed by atoms with Gasteiger partial charge in [-0.25, -0.2) is 13.4 Å². The second-order valence-electron chi connectivity index (χ2n) is 6.80. The largest absolute Gasteiger partial charge is 0.322 e. The van der Waals surface area contributed by atoms with Crippen LogP contribution in [-0.4, -0.2) is 35.3 Å². The summed E-state index contributed by atoms with van der Waals surface area (Å²) in [5, 5.41) is 9.93. The van der Waals surface area contributed by atoms with Gasteiger partial charge in [-0.1, -0.05) is 49.4 Å². The van der Waals surface area contributed by atoms with Crippen molar-refractivity contribution in [3.05, 3.63) is 84.4 Å². The van der Waals surface area contributed by atoms with Crippen LogP contribution in [0, 0.1) is 0 Å².